The Hall–Kier alpha value is -4.06. The number of phenols is 1. The summed E-state index contributed by atoms with van der Waals surface area (Å²) in [5.74, 6) is -1.24. The molecule has 34 heavy (non-hydrogen) atoms. The Bertz CT molecular complexity index is 1310. The van der Waals surface area contributed by atoms with Gasteiger partial charge in [0.25, 0.3) is 11.7 Å². The van der Waals surface area contributed by atoms with E-state index >= 15 is 0 Å². The summed E-state index contributed by atoms with van der Waals surface area (Å²) in [6.45, 7) is 5.92. The SMILES string of the molecule is COc1ccc(/C(O)=C2/C(=O)C(=O)N(c3ccccc3O)C2c2cccc(C)c2)cc1C(C)C. The highest BCUT2D eigenvalue weighted by molar-refractivity contribution is 6.51. The summed E-state index contributed by atoms with van der Waals surface area (Å²) in [6, 6.07) is 18.1. The smallest absolute Gasteiger partial charge is 0.300 e. The van der Waals surface area contributed by atoms with E-state index in [9.17, 15) is 19.8 Å². The van der Waals surface area contributed by atoms with E-state index in [1.807, 2.05) is 39.0 Å². The summed E-state index contributed by atoms with van der Waals surface area (Å²) >= 11 is 0. The lowest BCUT2D eigenvalue weighted by molar-refractivity contribution is -0.132. The van der Waals surface area contributed by atoms with Crippen molar-refractivity contribution in [2.45, 2.75) is 32.7 Å². The molecule has 4 rings (SSSR count). The average molecular weight is 458 g/mol. The molecular weight excluding hydrogens is 430 g/mol. The van der Waals surface area contributed by atoms with Gasteiger partial charge in [-0.15, -0.1) is 0 Å². The lowest BCUT2D eigenvalue weighted by Gasteiger charge is -2.26. The zero-order valence-corrected chi connectivity index (χ0v) is 19.6. The second kappa shape index (κ2) is 9.06. The van der Waals surface area contributed by atoms with Crippen LogP contribution >= 0.6 is 0 Å². The molecule has 6 heteroatoms. The maximum Gasteiger partial charge on any atom is 0.300 e. The molecule has 2 N–H and O–H groups in total. The maximum atomic E-state index is 13.3. The number of hydrogen-bond donors (Lipinski definition) is 2. The first kappa shape index (κ1) is 23.1. The van der Waals surface area contributed by atoms with Crippen LogP contribution in [0.3, 0.4) is 0 Å². The number of ketones is 1. The first-order valence-electron chi connectivity index (χ1n) is 11.1. The van der Waals surface area contributed by atoms with Gasteiger partial charge in [0.05, 0.1) is 24.4 Å². The number of ether oxygens (including phenoxy) is 1. The van der Waals surface area contributed by atoms with Gasteiger partial charge in [0.2, 0.25) is 0 Å². The number of hydrogen-bond acceptors (Lipinski definition) is 5. The summed E-state index contributed by atoms with van der Waals surface area (Å²) in [4.78, 5) is 27.8. The van der Waals surface area contributed by atoms with Gasteiger partial charge in [-0.05, 0) is 54.3 Å². The molecule has 0 radical (unpaired) electrons. The van der Waals surface area contributed by atoms with Gasteiger partial charge in [-0.1, -0.05) is 55.8 Å². The van der Waals surface area contributed by atoms with Crippen molar-refractivity contribution in [2.24, 2.45) is 0 Å². The Morgan fingerprint density at radius 3 is 2.38 bits per heavy atom. The van der Waals surface area contributed by atoms with Crippen molar-refractivity contribution in [2.75, 3.05) is 12.0 Å². The van der Waals surface area contributed by atoms with Crippen LogP contribution < -0.4 is 9.64 Å². The molecule has 1 aliphatic heterocycles. The fourth-order valence-corrected chi connectivity index (χ4v) is 4.39. The largest absolute Gasteiger partial charge is 0.507 e. The predicted octanol–water partition coefficient (Wildman–Crippen LogP) is 5.46. The van der Waals surface area contributed by atoms with E-state index < -0.39 is 17.7 Å². The quantitative estimate of drug-likeness (QED) is 0.302. The van der Waals surface area contributed by atoms with E-state index in [-0.39, 0.29) is 28.7 Å². The van der Waals surface area contributed by atoms with Crippen LogP contribution in [0, 0.1) is 6.92 Å². The van der Waals surface area contributed by atoms with Crippen LogP contribution in [0.25, 0.3) is 5.76 Å². The number of benzene rings is 3. The molecule has 1 unspecified atom stereocenters. The van der Waals surface area contributed by atoms with Gasteiger partial charge < -0.3 is 14.9 Å². The van der Waals surface area contributed by atoms with Gasteiger partial charge in [0, 0.05) is 5.56 Å². The van der Waals surface area contributed by atoms with Crippen molar-refractivity contribution < 1.29 is 24.5 Å². The number of carbonyl (C=O) groups excluding carboxylic acids is 2. The molecule has 1 atom stereocenters. The molecule has 1 saturated heterocycles. The number of rotatable bonds is 5. The number of para-hydroxylation sites is 2. The monoisotopic (exact) mass is 457 g/mol. The minimum absolute atomic E-state index is 0.0290. The van der Waals surface area contributed by atoms with Crippen molar-refractivity contribution in [1.82, 2.24) is 0 Å². The minimum Gasteiger partial charge on any atom is -0.507 e. The number of aliphatic hydroxyl groups excluding tert-OH is 1. The Labute approximate surface area is 198 Å². The molecule has 0 saturated carbocycles. The zero-order valence-electron chi connectivity index (χ0n) is 19.6. The molecule has 1 fully saturated rings. The lowest BCUT2D eigenvalue weighted by atomic mass is 9.92. The number of nitrogens with zero attached hydrogens (tertiary/aromatic N) is 1. The molecular formula is C28H27NO5. The molecule has 3 aromatic rings. The van der Waals surface area contributed by atoms with Crippen LogP contribution in [0.4, 0.5) is 5.69 Å². The maximum absolute atomic E-state index is 13.3. The third-order valence-corrected chi connectivity index (χ3v) is 6.07. The number of anilines is 1. The lowest BCUT2D eigenvalue weighted by Crippen LogP contribution is -2.29. The highest BCUT2D eigenvalue weighted by Crippen LogP contribution is 2.45. The summed E-state index contributed by atoms with van der Waals surface area (Å²) in [7, 11) is 1.58. The number of Topliss-reactive ketones (excluding diaryl/α,β-unsaturated/α-hetero) is 1. The van der Waals surface area contributed by atoms with Crippen LogP contribution in [0.2, 0.25) is 0 Å². The molecule has 1 heterocycles. The Morgan fingerprint density at radius 1 is 1.00 bits per heavy atom. The fraction of sp³-hybridized carbons (Fsp3) is 0.214. The first-order chi connectivity index (χ1) is 16.2. The molecule has 6 nitrogen and oxygen atoms in total. The highest BCUT2D eigenvalue weighted by atomic mass is 16.5. The fourth-order valence-electron chi connectivity index (χ4n) is 4.39. The third kappa shape index (κ3) is 3.92. The van der Waals surface area contributed by atoms with Crippen molar-refractivity contribution in [1.29, 1.82) is 0 Å². The molecule has 1 amide bonds. The molecule has 0 spiro atoms. The van der Waals surface area contributed by atoms with Crippen LogP contribution in [0.15, 0.2) is 72.3 Å². The van der Waals surface area contributed by atoms with Gasteiger partial charge in [-0.25, -0.2) is 0 Å². The molecule has 0 bridgehead atoms. The summed E-state index contributed by atoms with van der Waals surface area (Å²) in [5.41, 5.74) is 3.05. The number of aryl methyl sites for hydroxylation is 1. The topological polar surface area (TPSA) is 87.1 Å². The highest BCUT2D eigenvalue weighted by Gasteiger charge is 2.47. The minimum atomic E-state index is -0.905. The summed E-state index contributed by atoms with van der Waals surface area (Å²) in [6.07, 6.45) is 0. The molecule has 0 aliphatic carbocycles. The summed E-state index contributed by atoms with van der Waals surface area (Å²) in [5, 5.41) is 21.9. The number of phenolic OH excluding ortho intramolecular Hbond substituents is 1. The average Bonchev–Trinajstić information content (AvgIpc) is 3.09. The van der Waals surface area contributed by atoms with Crippen molar-refractivity contribution in [3.8, 4) is 11.5 Å². The van der Waals surface area contributed by atoms with Crippen molar-refractivity contribution >= 4 is 23.1 Å². The third-order valence-electron chi connectivity index (χ3n) is 6.07. The number of aliphatic hydroxyl groups is 1. The van der Waals surface area contributed by atoms with E-state index in [2.05, 4.69) is 0 Å². The number of methoxy groups -OCH3 is 1. The van der Waals surface area contributed by atoms with Crippen LogP contribution in [0.5, 0.6) is 11.5 Å². The Balaban J connectivity index is 1.97. The normalized spacial score (nSPS) is 17.4. The van der Waals surface area contributed by atoms with Gasteiger partial charge in [0.1, 0.15) is 17.3 Å². The van der Waals surface area contributed by atoms with Crippen molar-refractivity contribution in [3.63, 3.8) is 0 Å². The zero-order chi connectivity index (χ0) is 24.6. The van der Waals surface area contributed by atoms with Gasteiger partial charge in [-0.2, -0.15) is 0 Å². The Kier molecular flexibility index (Phi) is 6.16. The van der Waals surface area contributed by atoms with Crippen LogP contribution in [-0.4, -0.2) is 29.0 Å². The van der Waals surface area contributed by atoms with Gasteiger partial charge >= 0.3 is 0 Å². The van der Waals surface area contributed by atoms with Crippen LogP contribution in [0.1, 0.15) is 48.1 Å². The standard InChI is InChI=1S/C28H27NO5/c1-16(2)20-15-19(12-13-23(20)34-4)26(31)24-25(18-9-7-8-17(3)14-18)29(28(33)27(24)32)21-10-5-6-11-22(21)30/h5-16,25,30-31H,1-4H3/b26-24-. The van der Waals surface area contributed by atoms with E-state index in [1.165, 1.54) is 11.0 Å². The van der Waals surface area contributed by atoms with E-state index in [4.69, 9.17) is 4.74 Å². The van der Waals surface area contributed by atoms with E-state index in [0.717, 1.165) is 11.1 Å². The van der Waals surface area contributed by atoms with Crippen molar-refractivity contribution in [3.05, 3.63) is 94.6 Å². The number of carbonyl (C=O) groups is 2. The summed E-state index contributed by atoms with van der Waals surface area (Å²) < 4.78 is 5.44. The first-order valence-corrected chi connectivity index (χ1v) is 11.1. The molecule has 3 aromatic carbocycles. The predicted molar refractivity (Wildman–Crippen MR) is 131 cm³/mol. The molecule has 174 valence electrons. The van der Waals surface area contributed by atoms with Gasteiger partial charge in [-0.3, -0.25) is 14.5 Å². The number of aromatic hydroxyl groups is 1. The van der Waals surface area contributed by atoms with Gasteiger partial charge in [0.15, 0.2) is 0 Å². The molecule has 1 aliphatic rings. The van der Waals surface area contributed by atoms with E-state index in [0.29, 0.717) is 16.9 Å². The second-order valence-corrected chi connectivity index (χ2v) is 8.68. The van der Waals surface area contributed by atoms with E-state index in [1.54, 1.807) is 49.6 Å². The Morgan fingerprint density at radius 2 is 1.74 bits per heavy atom. The molecule has 0 aromatic heterocycles. The number of amides is 1. The second-order valence-electron chi connectivity index (χ2n) is 8.68. The van der Waals surface area contributed by atoms with Crippen LogP contribution in [-0.2, 0) is 9.59 Å².